The predicted octanol–water partition coefficient (Wildman–Crippen LogP) is 1.32. The lowest BCUT2D eigenvalue weighted by Crippen LogP contribution is -1.98. The Morgan fingerprint density at radius 1 is 1.62 bits per heavy atom. The molecule has 1 atom stereocenters. The monoisotopic (exact) mass is 180 g/mol. The van der Waals surface area contributed by atoms with Crippen LogP contribution in [0.15, 0.2) is 24.3 Å². The fraction of sp³-hybridized carbons (Fsp3) is 0.300. The SMILES string of the molecule is COc1cccc(C(O)CC=O)c1. The Kier molecular flexibility index (Phi) is 3.46. The lowest BCUT2D eigenvalue weighted by molar-refractivity contribution is -0.109. The third-order valence-corrected chi connectivity index (χ3v) is 1.80. The minimum absolute atomic E-state index is 0.118. The van der Waals surface area contributed by atoms with E-state index in [4.69, 9.17) is 4.74 Å². The smallest absolute Gasteiger partial charge is 0.122 e. The highest BCUT2D eigenvalue weighted by Gasteiger charge is 2.06. The van der Waals surface area contributed by atoms with E-state index in [1.807, 2.05) is 0 Å². The molecule has 0 saturated carbocycles. The second-order valence-corrected chi connectivity index (χ2v) is 2.69. The van der Waals surface area contributed by atoms with Gasteiger partial charge in [-0.1, -0.05) is 12.1 Å². The Morgan fingerprint density at radius 3 is 3.00 bits per heavy atom. The minimum Gasteiger partial charge on any atom is -0.497 e. The number of benzene rings is 1. The molecule has 1 N–H and O–H groups in total. The van der Waals surface area contributed by atoms with Crippen LogP contribution in [-0.2, 0) is 4.79 Å². The zero-order valence-corrected chi connectivity index (χ0v) is 7.43. The number of hydrogen-bond donors (Lipinski definition) is 1. The quantitative estimate of drug-likeness (QED) is 0.711. The number of hydrogen-bond acceptors (Lipinski definition) is 3. The van der Waals surface area contributed by atoms with Gasteiger partial charge in [-0.25, -0.2) is 0 Å². The van der Waals surface area contributed by atoms with Gasteiger partial charge in [-0.2, -0.15) is 0 Å². The molecule has 1 rings (SSSR count). The zero-order chi connectivity index (χ0) is 9.68. The predicted molar refractivity (Wildman–Crippen MR) is 48.6 cm³/mol. The van der Waals surface area contributed by atoms with Crippen molar-refractivity contribution in [2.75, 3.05) is 7.11 Å². The lowest BCUT2D eigenvalue weighted by atomic mass is 10.1. The molecule has 0 aliphatic rings. The summed E-state index contributed by atoms with van der Waals surface area (Å²) in [6, 6.07) is 7.05. The van der Waals surface area contributed by atoms with E-state index in [-0.39, 0.29) is 6.42 Å². The maximum Gasteiger partial charge on any atom is 0.122 e. The van der Waals surface area contributed by atoms with Crippen LogP contribution < -0.4 is 4.74 Å². The third kappa shape index (κ3) is 2.56. The van der Waals surface area contributed by atoms with Gasteiger partial charge in [-0.05, 0) is 17.7 Å². The van der Waals surface area contributed by atoms with Crippen LogP contribution in [0, 0.1) is 0 Å². The average Bonchev–Trinajstić information content (AvgIpc) is 2.18. The molecule has 0 radical (unpaired) electrons. The first kappa shape index (κ1) is 9.74. The Morgan fingerprint density at radius 2 is 2.38 bits per heavy atom. The first-order valence-electron chi connectivity index (χ1n) is 4.03. The van der Waals surface area contributed by atoms with Gasteiger partial charge in [-0.15, -0.1) is 0 Å². The van der Waals surface area contributed by atoms with E-state index in [0.717, 1.165) is 0 Å². The van der Waals surface area contributed by atoms with Gasteiger partial charge in [0.05, 0.1) is 13.2 Å². The molecular formula is C10H12O3. The summed E-state index contributed by atoms with van der Waals surface area (Å²) >= 11 is 0. The lowest BCUT2D eigenvalue weighted by Gasteiger charge is -2.08. The molecule has 0 amide bonds. The van der Waals surface area contributed by atoms with Crippen molar-refractivity contribution in [3.05, 3.63) is 29.8 Å². The van der Waals surface area contributed by atoms with Gasteiger partial charge >= 0.3 is 0 Å². The third-order valence-electron chi connectivity index (χ3n) is 1.80. The van der Waals surface area contributed by atoms with E-state index in [1.165, 1.54) is 0 Å². The number of aldehydes is 1. The summed E-state index contributed by atoms with van der Waals surface area (Å²) in [4.78, 5) is 10.2. The maximum absolute atomic E-state index is 10.2. The summed E-state index contributed by atoms with van der Waals surface area (Å²) in [5, 5.41) is 9.45. The van der Waals surface area contributed by atoms with E-state index < -0.39 is 6.10 Å². The highest BCUT2D eigenvalue weighted by Crippen LogP contribution is 2.20. The summed E-state index contributed by atoms with van der Waals surface area (Å²) in [6.07, 6.45) is 0.0877. The number of carbonyl (C=O) groups is 1. The Balaban J connectivity index is 2.81. The largest absolute Gasteiger partial charge is 0.497 e. The number of aliphatic hydroxyl groups excluding tert-OH is 1. The van der Waals surface area contributed by atoms with E-state index in [9.17, 15) is 9.90 Å². The first-order valence-corrected chi connectivity index (χ1v) is 4.03. The molecular weight excluding hydrogens is 168 g/mol. The minimum atomic E-state index is -0.729. The molecule has 70 valence electrons. The van der Waals surface area contributed by atoms with Crippen LogP contribution >= 0.6 is 0 Å². The van der Waals surface area contributed by atoms with Crippen molar-refractivity contribution < 1.29 is 14.6 Å². The molecule has 0 saturated heterocycles. The highest BCUT2D eigenvalue weighted by molar-refractivity contribution is 5.51. The molecule has 0 spiro atoms. The summed E-state index contributed by atoms with van der Waals surface area (Å²) in [6.45, 7) is 0. The average molecular weight is 180 g/mol. The van der Waals surface area contributed by atoms with Gasteiger partial charge in [0, 0.05) is 6.42 Å². The van der Waals surface area contributed by atoms with Crippen LogP contribution in [0.1, 0.15) is 18.1 Å². The van der Waals surface area contributed by atoms with E-state index in [1.54, 1.807) is 31.4 Å². The van der Waals surface area contributed by atoms with Gasteiger partial charge in [0.25, 0.3) is 0 Å². The molecule has 0 fully saturated rings. The van der Waals surface area contributed by atoms with Crippen molar-refractivity contribution in [3.63, 3.8) is 0 Å². The van der Waals surface area contributed by atoms with Gasteiger partial charge in [0.1, 0.15) is 12.0 Å². The summed E-state index contributed by atoms with van der Waals surface area (Å²) in [5.41, 5.74) is 0.700. The fourth-order valence-electron chi connectivity index (χ4n) is 1.08. The number of rotatable bonds is 4. The van der Waals surface area contributed by atoms with Gasteiger partial charge in [-0.3, -0.25) is 0 Å². The van der Waals surface area contributed by atoms with E-state index in [2.05, 4.69) is 0 Å². The molecule has 13 heavy (non-hydrogen) atoms. The standard InChI is InChI=1S/C10H12O3/c1-13-9-4-2-3-8(7-9)10(12)5-6-11/h2-4,6-7,10,12H,5H2,1H3. The van der Waals surface area contributed by atoms with Crippen LogP contribution in [0.4, 0.5) is 0 Å². The van der Waals surface area contributed by atoms with Crippen molar-refractivity contribution in [2.45, 2.75) is 12.5 Å². The molecule has 3 heteroatoms. The van der Waals surface area contributed by atoms with Crippen molar-refractivity contribution in [1.82, 2.24) is 0 Å². The fourth-order valence-corrected chi connectivity index (χ4v) is 1.08. The second-order valence-electron chi connectivity index (χ2n) is 2.69. The molecule has 0 bridgehead atoms. The molecule has 0 aromatic heterocycles. The van der Waals surface area contributed by atoms with Gasteiger partial charge < -0.3 is 14.6 Å². The Hall–Kier alpha value is -1.35. The second kappa shape index (κ2) is 4.62. The maximum atomic E-state index is 10.2. The summed E-state index contributed by atoms with van der Waals surface area (Å²) in [7, 11) is 1.56. The van der Waals surface area contributed by atoms with Crippen LogP contribution in [0.2, 0.25) is 0 Å². The molecule has 0 heterocycles. The number of ether oxygens (including phenoxy) is 1. The first-order chi connectivity index (χ1) is 6.27. The van der Waals surface area contributed by atoms with Crippen LogP contribution in [-0.4, -0.2) is 18.5 Å². The number of methoxy groups -OCH3 is 1. The Labute approximate surface area is 77.0 Å². The van der Waals surface area contributed by atoms with E-state index >= 15 is 0 Å². The van der Waals surface area contributed by atoms with Crippen LogP contribution in [0.25, 0.3) is 0 Å². The van der Waals surface area contributed by atoms with E-state index in [0.29, 0.717) is 17.6 Å². The van der Waals surface area contributed by atoms with Crippen molar-refractivity contribution in [1.29, 1.82) is 0 Å². The molecule has 1 aromatic carbocycles. The summed E-state index contributed by atoms with van der Waals surface area (Å²) < 4.78 is 4.98. The van der Waals surface area contributed by atoms with Crippen LogP contribution in [0.5, 0.6) is 5.75 Å². The van der Waals surface area contributed by atoms with Crippen LogP contribution in [0.3, 0.4) is 0 Å². The van der Waals surface area contributed by atoms with Crippen molar-refractivity contribution >= 4 is 6.29 Å². The van der Waals surface area contributed by atoms with Crippen molar-refractivity contribution in [3.8, 4) is 5.75 Å². The number of carbonyl (C=O) groups excluding carboxylic acids is 1. The summed E-state index contributed by atoms with van der Waals surface area (Å²) in [5.74, 6) is 0.683. The topological polar surface area (TPSA) is 46.5 Å². The molecule has 3 nitrogen and oxygen atoms in total. The normalized spacial score (nSPS) is 12.2. The molecule has 1 aromatic rings. The zero-order valence-electron chi connectivity index (χ0n) is 7.43. The molecule has 0 aliphatic carbocycles. The highest BCUT2D eigenvalue weighted by atomic mass is 16.5. The van der Waals surface area contributed by atoms with Crippen molar-refractivity contribution in [2.24, 2.45) is 0 Å². The number of aliphatic hydroxyl groups is 1. The Bertz CT molecular complexity index is 283. The van der Waals surface area contributed by atoms with Gasteiger partial charge in [0.2, 0.25) is 0 Å². The molecule has 0 aliphatic heterocycles. The molecule has 1 unspecified atom stereocenters. The van der Waals surface area contributed by atoms with Gasteiger partial charge in [0.15, 0.2) is 0 Å².